The molecule has 0 radical (unpaired) electrons. The minimum Gasteiger partial charge on any atom is -0.370 e. The van der Waals surface area contributed by atoms with Crippen molar-refractivity contribution in [2.45, 2.75) is 19.4 Å². The molecule has 3 nitrogen and oxygen atoms in total. The Hall–Kier alpha value is -0.570. The maximum atomic E-state index is 10.2. The van der Waals surface area contributed by atoms with Gasteiger partial charge < -0.3 is 4.84 Å². The van der Waals surface area contributed by atoms with Gasteiger partial charge in [-0.05, 0) is 6.92 Å². The lowest BCUT2D eigenvalue weighted by Crippen LogP contribution is -2.14. The molecular weight excluding hydrogens is 94.0 g/mol. The van der Waals surface area contributed by atoms with Crippen molar-refractivity contribution < 1.29 is 9.63 Å². The first-order valence-corrected chi connectivity index (χ1v) is 2.24. The van der Waals surface area contributed by atoms with Crippen LogP contribution in [0, 0.1) is 0 Å². The van der Waals surface area contributed by atoms with Crippen LogP contribution in [-0.2, 0) is 9.63 Å². The lowest BCUT2D eigenvalue weighted by Gasteiger charge is -1.91. The second kappa shape index (κ2) is 1.50. The summed E-state index contributed by atoms with van der Waals surface area (Å²) in [6, 6.07) is 0.201. The third kappa shape index (κ3) is 0.899. The Morgan fingerprint density at radius 3 is 2.86 bits per heavy atom. The van der Waals surface area contributed by atoms with Crippen LogP contribution in [0.2, 0.25) is 0 Å². The molecule has 0 amide bonds. The summed E-state index contributed by atoms with van der Waals surface area (Å²) in [5.41, 5.74) is 2.52. The Kier molecular flexibility index (Phi) is 0.982. The number of carbonyl (C=O) groups is 1. The monoisotopic (exact) mass is 101 g/mol. The van der Waals surface area contributed by atoms with E-state index in [1.807, 2.05) is 6.92 Å². The zero-order valence-corrected chi connectivity index (χ0v) is 4.10. The van der Waals surface area contributed by atoms with E-state index in [0.29, 0.717) is 6.42 Å². The van der Waals surface area contributed by atoms with E-state index in [1.165, 1.54) is 0 Å². The van der Waals surface area contributed by atoms with Crippen molar-refractivity contribution in [1.82, 2.24) is 5.48 Å². The van der Waals surface area contributed by atoms with Crippen molar-refractivity contribution in [3.05, 3.63) is 0 Å². The Morgan fingerprint density at radius 1 is 2.00 bits per heavy atom. The van der Waals surface area contributed by atoms with Gasteiger partial charge in [0, 0.05) is 0 Å². The van der Waals surface area contributed by atoms with Gasteiger partial charge in [0.25, 0.3) is 0 Å². The summed E-state index contributed by atoms with van der Waals surface area (Å²) in [4.78, 5) is 14.5. The van der Waals surface area contributed by atoms with Gasteiger partial charge in [-0.25, -0.2) is 0 Å². The fourth-order valence-electron chi connectivity index (χ4n) is 0.500. The van der Waals surface area contributed by atoms with Crippen molar-refractivity contribution in [3.63, 3.8) is 0 Å². The second-order valence-corrected chi connectivity index (χ2v) is 1.70. The molecule has 1 aliphatic heterocycles. The van der Waals surface area contributed by atoms with Gasteiger partial charge in [-0.1, -0.05) is 0 Å². The topological polar surface area (TPSA) is 38.3 Å². The molecule has 0 spiro atoms. The van der Waals surface area contributed by atoms with Crippen LogP contribution in [0.25, 0.3) is 0 Å². The summed E-state index contributed by atoms with van der Waals surface area (Å²) < 4.78 is 0. The van der Waals surface area contributed by atoms with Crippen molar-refractivity contribution >= 4 is 5.97 Å². The van der Waals surface area contributed by atoms with Gasteiger partial charge in [0.2, 0.25) is 0 Å². The molecule has 1 fully saturated rings. The van der Waals surface area contributed by atoms with Crippen LogP contribution < -0.4 is 5.48 Å². The molecule has 0 aromatic carbocycles. The Bertz CT molecular complexity index is 91.7. The van der Waals surface area contributed by atoms with Gasteiger partial charge in [0.1, 0.15) is 0 Å². The van der Waals surface area contributed by atoms with Gasteiger partial charge in [-0.15, -0.1) is 5.48 Å². The third-order valence-corrected chi connectivity index (χ3v) is 0.847. The Morgan fingerprint density at radius 2 is 2.71 bits per heavy atom. The average Bonchev–Trinajstić information content (AvgIpc) is 1.87. The van der Waals surface area contributed by atoms with Crippen LogP contribution in [-0.4, -0.2) is 12.0 Å². The summed E-state index contributed by atoms with van der Waals surface area (Å²) >= 11 is 0. The van der Waals surface area contributed by atoms with Gasteiger partial charge in [-0.2, -0.15) is 0 Å². The number of hydrogen-bond donors (Lipinski definition) is 1. The van der Waals surface area contributed by atoms with Crippen LogP contribution in [0.15, 0.2) is 0 Å². The Labute approximate surface area is 41.6 Å². The van der Waals surface area contributed by atoms with Crippen molar-refractivity contribution in [3.8, 4) is 0 Å². The molecule has 1 heterocycles. The molecule has 1 saturated heterocycles. The van der Waals surface area contributed by atoms with E-state index in [0.717, 1.165) is 0 Å². The highest BCUT2D eigenvalue weighted by atomic mass is 16.7. The van der Waals surface area contributed by atoms with Crippen molar-refractivity contribution in [1.29, 1.82) is 0 Å². The van der Waals surface area contributed by atoms with E-state index in [9.17, 15) is 4.79 Å². The second-order valence-electron chi connectivity index (χ2n) is 1.70. The maximum Gasteiger partial charge on any atom is 0.326 e. The highest BCUT2D eigenvalue weighted by Gasteiger charge is 2.17. The predicted molar refractivity (Wildman–Crippen MR) is 23.3 cm³/mol. The molecule has 0 aromatic rings. The van der Waals surface area contributed by atoms with Gasteiger partial charge >= 0.3 is 5.97 Å². The number of carbonyl (C=O) groups excluding carboxylic acids is 1. The van der Waals surface area contributed by atoms with Crippen LogP contribution in [0.3, 0.4) is 0 Å². The molecule has 1 rings (SSSR count). The molecule has 0 aromatic heterocycles. The van der Waals surface area contributed by atoms with Crippen molar-refractivity contribution in [2.75, 3.05) is 0 Å². The quantitative estimate of drug-likeness (QED) is 0.460. The fraction of sp³-hybridized carbons (Fsp3) is 0.750. The van der Waals surface area contributed by atoms with Gasteiger partial charge in [0.05, 0.1) is 12.5 Å². The standard InChI is InChI=1S/C4H7NO2/c1-3-2-4(6)7-5-3/h3,5H,2H2,1H3/t3-/m0/s1. The molecular formula is C4H7NO2. The summed E-state index contributed by atoms with van der Waals surface area (Å²) in [6.45, 7) is 1.89. The van der Waals surface area contributed by atoms with E-state index in [-0.39, 0.29) is 12.0 Å². The maximum absolute atomic E-state index is 10.2. The zero-order chi connectivity index (χ0) is 5.28. The first-order valence-electron chi connectivity index (χ1n) is 2.24. The molecule has 0 bridgehead atoms. The normalized spacial score (nSPS) is 30.4. The summed E-state index contributed by atoms with van der Waals surface area (Å²) in [5, 5.41) is 0. The van der Waals surface area contributed by atoms with Crippen LogP contribution in [0.1, 0.15) is 13.3 Å². The fourth-order valence-corrected chi connectivity index (χ4v) is 0.500. The SMILES string of the molecule is C[C@H]1CC(=O)ON1. The minimum absolute atomic E-state index is 0.160. The van der Waals surface area contributed by atoms with Crippen molar-refractivity contribution in [2.24, 2.45) is 0 Å². The third-order valence-electron chi connectivity index (χ3n) is 0.847. The van der Waals surface area contributed by atoms with E-state index in [4.69, 9.17) is 0 Å². The number of hydrogen-bond acceptors (Lipinski definition) is 3. The van der Waals surface area contributed by atoms with Crippen LogP contribution >= 0.6 is 0 Å². The lowest BCUT2D eigenvalue weighted by molar-refractivity contribution is -0.143. The van der Waals surface area contributed by atoms with Crippen LogP contribution in [0.4, 0.5) is 0 Å². The number of hydroxylamine groups is 1. The van der Waals surface area contributed by atoms with Gasteiger partial charge in [0.15, 0.2) is 0 Å². The molecule has 0 aliphatic carbocycles. The summed E-state index contributed by atoms with van der Waals surface area (Å²) in [7, 11) is 0. The average molecular weight is 101 g/mol. The smallest absolute Gasteiger partial charge is 0.326 e. The largest absolute Gasteiger partial charge is 0.370 e. The minimum atomic E-state index is -0.160. The first-order chi connectivity index (χ1) is 3.29. The molecule has 3 heteroatoms. The van der Waals surface area contributed by atoms with Gasteiger partial charge in [-0.3, -0.25) is 4.79 Å². The van der Waals surface area contributed by atoms with Crippen LogP contribution in [0.5, 0.6) is 0 Å². The zero-order valence-electron chi connectivity index (χ0n) is 4.10. The number of rotatable bonds is 0. The molecule has 0 saturated carbocycles. The molecule has 0 unspecified atom stereocenters. The number of nitrogens with one attached hydrogen (secondary N) is 1. The summed E-state index contributed by atoms with van der Waals surface area (Å²) in [5.74, 6) is -0.160. The van der Waals surface area contributed by atoms with E-state index >= 15 is 0 Å². The Balaban J connectivity index is 2.40. The van der Waals surface area contributed by atoms with E-state index in [1.54, 1.807) is 0 Å². The molecule has 7 heavy (non-hydrogen) atoms. The molecule has 40 valence electrons. The van der Waals surface area contributed by atoms with E-state index in [2.05, 4.69) is 10.3 Å². The summed E-state index contributed by atoms with van der Waals surface area (Å²) in [6.07, 6.45) is 0.500. The predicted octanol–water partition coefficient (Wildman–Crippen LogP) is -0.174. The molecule has 1 N–H and O–H groups in total. The first kappa shape index (κ1) is 4.59. The molecule has 1 aliphatic rings. The highest BCUT2D eigenvalue weighted by Crippen LogP contribution is 1.99. The highest BCUT2D eigenvalue weighted by molar-refractivity contribution is 5.71. The lowest BCUT2D eigenvalue weighted by atomic mass is 10.3. The molecule has 1 atom stereocenters. The van der Waals surface area contributed by atoms with E-state index < -0.39 is 0 Å².